The van der Waals surface area contributed by atoms with E-state index in [4.69, 9.17) is 4.74 Å². The number of hydrogen-bond acceptors (Lipinski definition) is 5. The third-order valence-electron chi connectivity index (χ3n) is 2.73. The molecule has 0 aromatic carbocycles. The summed E-state index contributed by atoms with van der Waals surface area (Å²) in [5, 5.41) is 7.25. The van der Waals surface area contributed by atoms with Gasteiger partial charge in [0.05, 0.1) is 6.61 Å². The summed E-state index contributed by atoms with van der Waals surface area (Å²) in [5.41, 5.74) is -0.142. The van der Waals surface area contributed by atoms with Crippen molar-refractivity contribution in [2.45, 2.75) is 57.7 Å². The second-order valence-corrected chi connectivity index (χ2v) is 5.49. The number of esters is 1. The van der Waals surface area contributed by atoms with Crippen molar-refractivity contribution in [2.24, 2.45) is 0 Å². The van der Waals surface area contributed by atoms with Gasteiger partial charge in [-0.2, -0.15) is 0 Å². The molecule has 0 amide bonds. The number of ether oxygens (including phenoxy) is 1. The average molecular weight is 301 g/mol. The number of carbonyl (C=O) groups is 1. The maximum atomic E-state index is 11.5. The van der Waals surface area contributed by atoms with Crippen LogP contribution in [-0.2, 0) is 16.1 Å². The summed E-state index contributed by atoms with van der Waals surface area (Å²) in [7, 11) is 0. The summed E-state index contributed by atoms with van der Waals surface area (Å²) < 4.78 is 6.54. The number of aromatic nitrogens is 3. The Morgan fingerprint density at radius 3 is 2.85 bits per heavy atom. The highest BCUT2D eigenvalue weighted by molar-refractivity contribution is 7.99. The third kappa shape index (κ3) is 5.81. The summed E-state index contributed by atoms with van der Waals surface area (Å²) in [6.07, 6.45) is 4.22. The van der Waals surface area contributed by atoms with Crippen molar-refractivity contribution in [3.8, 4) is 0 Å². The fraction of sp³-hybridized carbons (Fsp3) is 0.769. The Balaban J connectivity index is 2.18. The van der Waals surface area contributed by atoms with Gasteiger partial charge in [-0.25, -0.2) is 9.89 Å². The standard InChI is InChI=1S/C13H23N3O3S/c1-3-9-16-12(18)14-15-13(16)20-10-7-5-6-8-11(17)19-4-2/h3-10H2,1-2H3,(H,14,18). The van der Waals surface area contributed by atoms with Gasteiger partial charge in [-0.05, 0) is 26.2 Å². The van der Waals surface area contributed by atoms with Gasteiger partial charge < -0.3 is 4.74 Å². The van der Waals surface area contributed by atoms with Gasteiger partial charge in [0.25, 0.3) is 0 Å². The van der Waals surface area contributed by atoms with Gasteiger partial charge >= 0.3 is 11.7 Å². The number of carbonyl (C=O) groups excluding carboxylic acids is 1. The highest BCUT2D eigenvalue weighted by Crippen LogP contribution is 2.16. The summed E-state index contributed by atoms with van der Waals surface area (Å²) in [6, 6.07) is 0. The fourth-order valence-electron chi connectivity index (χ4n) is 1.78. The van der Waals surface area contributed by atoms with E-state index in [1.807, 2.05) is 13.8 Å². The zero-order chi connectivity index (χ0) is 14.8. The number of unbranched alkanes of at least 4 members (excludes halogenated alkanes) is 2. The van der Waals surface area contributed by atoms with Gasteiger partial charge in [-0.15, -0.1) is 5.10 Å². The molecule has 1 heterocycles. The Labute approximate surface area is 123 Å². The maximum Gasteiger partial charge on any atom is 0.343 e. The van der Waals surface area contributed by atoms with E-state index in [0.29, 0.717) is 19.6 Å². The number of aromatic amines is 1. The van der Waals surface area contributed by atoms with Gasteiger partial charge in [0, 0.05) is 18.7 Å². The van der Waals surface area contributed by atoms with E-state index in [1.165, 1.54) is 0 Å². The zero-order valence-corrected chi connectivity index (χ0v) is 13.0. The minimum absolute atomic E-state index is 0.121. The number of thioether (sulfide) groups is 1. The average Bonchev–Trinajstić information content (AvgIpc) is 2.76. The molecule has 0 aliphatic rings. The monoisotopic (exact) mass is 301 g/mol. The molecule has 0 saturated heterocycles. The van der Waals surface area contributed by atoms with E-state index in [-0.39, 0.29) is 11.7 Å². The smallest absolute Gasteiger partial charge is 0.343 e. The minimum Gasteiger partial charge on any atom is -0.466 e. The first-order valence-corrected chi connectivity index (χ1v) is 8.11. The molecule has 7 heteroatoms. The first kappa shape index (κ1) is 16.8. The van der Waals surface area contributed by atoms with Crippen LogP contribution in [0.4, 0.5) is 0 Å². The second kappa shape index (κ2) is 9.63. The Hall–Kier alpha value is -1.24. The molecule has 1 aromatic heterocycles. The van der Waals surface area contributed by atoms with Crippen LogP contribution in [0.25, 0.3) is 0 Å². The van der Waals surface area contributed by atoms with Crippen LogP contribution in [0.15, 0.2) is 9.95 Å². The van der Waals surface area contributed by atoms with Crippen LogP contribution in [0.1, 0.15) is 46.0 Å². The molecule has 0 saturated carbocycles. The van der Waals surface area contributed by atoms with Crippen LogP contribution in [0.2, 0.25) is 0 Å². The molecule has 0 radical (unpaired) electrons. The molecule has 0 spiro atoms. The fourth-order valence-corrected chi connectivity index (χ4v) is 2.75. The molecule has 1 aromatic rings. The maximum absolute atomic E-state index is 11.5. The van der Waals surface area contributed by atoms with E-state index >= 15 is 0 Å². The summed E-state index contributed by atoms with van der Waals surface area (Å²) in [4.78, 5) is 22.6. The van der Waals surface area contributed by atoms with E-state index < -0.39 is 0 Å². The van der Waals surface area contributed by atoms with Gasteiger partial charge in [-0.1, -0.05) is 25.1 Å². The normalized spacial score (nSPS) is 10.7. The Bertz CT molecular complexity index is 456. The van der Waals surface area contributed by atoms with Crippen molar-refractivity contribution in [3.63, 3.8) is 0 Å². The lowest BCUT2D eigenvalue weighted by Crippen LogP contribution is -2.17. The van der Waals surface area contributed by atoms with Crippen LogP contribution < -0.4 is 5.69 Å². The number of nitrogens with zero attached hydrogens (tertiary/aromatic N) is 2. The van der Waals surface area contributed by atoms with Crippen molar-refractivity contribution in [1.82, 2.24) is 14.8 Å². The predicted octanol–water partition coefficient (Wildman–Crippen LogP) is 2.20. The van der Waals surface area contributed by atoms with Gasteiger partial charge in [0.2, 0.25) is 0 Å². The molecular formula is C13H23N3O3S. The largest absolute Gasteiger partial charge is 0.466 e. The van der Waals surface area contributed by atoms with E-state index in [0.717, 1.165) is 36.6 Å². The molecule has 0 fully saturated rings. The van der Waals surface area contributed by atoms with Crippen LogP contribution in [-0.4, -0.2) is 33.1 Å². The highest BCUT2D eigenvalue weighted by Gasteiger charge is 2.07. The van der Waals surface area contributed by atoms with E-state index in [2.05, 4.69) is 10.2 Å². The van der Waals surface area contributed by atoms with Crippen LogP contribution in [0.3, 0.4) is 0 Å². The summed E-state index contributed by atoms with van der Waals surface area (Å²) in [6.45, 7) is 4.99. The molecule has 0 aliphatic carbocycles. The number of H-pyrrole nitrogens is 1. The first-order chi connectivity index (χ1) is 9.69. The SMILES string of the molecule is CCCn1c(SCCCCCC(=O)OCC)n[nH]c1=O. The predicted molar refractivity (Wildman–Crippen MR) is 79.0 cm³/mol. The quantitative estimate of drug-likeness (QED) is 0.407. The number of hydrogen-bond donors (Lipinski definition) is 1. The van der Waals surface area contributed by atoms with Gasteiger partial charge in [0.15, 0.2) is 5.16 Å². The third-order valence-corrected chi connectivity index (χ3v) is 3.79. The van der Waals surface area contributed by atoms with E-state index in [1.54, 1.807) is 16.3 Å². The zero-order valence-electron chi connectivity index (χ0n) is 12.2. The molecule has 0 aliphatic heterocycles. The van der Waals surface area contributed by atoms with Crippen LogP contribution >= 0.6 is 11.8 Å². The molecule has 0 atom stereocenters. The van der Waals surface area contributed by atoms with Crippen molar-refractivity contribution in [3.05, 3.63) is 10.5 Å². The Kier molecular flexibility index (Phi) is 8.10. The van der Waals surface area contributed by atoms with E-state index in [9.17, 15) is 9.59 Å². The molecule has 6 nitrogen and oxygen atoms in total. The molecule has 20 heavy (non-hydrogen) atoms. The lowest BCUT2D eigenvalue weighted by molar-refractivity contribution is -0.143. The summed E-state index contributed by atoms with van der Waals surface area (Å²) >= 11 is 1.58. The van der Waals surface area contributed by atoms with Crippen molar-refractivity contribution in [1.29, 1.82) is 0 Å². The minimum atomic E-state index is -0.142. The summed E-state index contributed by atoms with van der Waals surface area (Å²) in [5.74, 6) is 0.779. The molecule has 0 bridgehead atoms. The highest BCUT2D eigenvalue weighted by atomic mass is 32.2. The van der Waals surface area contributed by atoms with Crippen LogP contribution in [0, 0.1) is 0 Å². The van der Waals surface area contributed by atoms with Gasteiger partial charge in [-0.3, -0.25) is 9.36 Å². The van der Waals surface area contributed by atoms with Crippen LogP contribution in [0.5, 0.6) is 0 Å². The molecule has 114 valence electrons. The second-order valence-electron chi connectivity index (χ2n) is 4.43. The topological polar surface area (TPSA) is 77.0 Å². The molecular weight excluding hydrogens is 278 g/mol. The Morgan fingerprint density at radius 2 is 2.15 bits per heavy atom. The lowest BCUT2D eigenvalue weighted by atomic mass is 10.2. The van der Waals surface area contributed by atoms with Gasteiger partial charge in [0.1, 0.15) is 0 Å². The first-order valence-electron chi connectivity index (χ1n) is 7.12. The van der Waals surface area contributed by atoms with Crippen molar-refractivity contribution >= 4 is 17.7 Å². The lowest BCUT2D eigenvalue weighted by Gasteiger charge is -2.04. The molecule has 1 rings (SSSR count). The molecule has 1 N–H and O–H groups in total. The Morgan fingerprint density at radius 1 is 1.35 bits per heavy atom. The molecule has 0 unspecified atom stereocenters. The number of rotatable bonds is 10. The number of nitrogens with one attached hydrogen (secondary N) is 1. The van der Waals surface area contributed by atoms with Crippen molar-refractivity contribution < 1.29 is 9.53 Å². The van der Waals surface area contributed by atoms with Crippen molar-refractivity contribution in [2.75, 3.05) is 12.4 Å².